The van der Waals surface area contributed by atoms with Gasteiger partial charge in [0, 0.05) is 38.8 Å². The number of benzene rings is 1. The molecule has 0 unspecified atom stereocenters. The summed E-state index contributed by atoms with van der Waals surface area (Å²) in [6.07, 6.45) is 0.697. The third-order valence-electron chi connectivity index (χ3n) is 4.06. The highest BCUT2D eigenvalue weighted by molar-refractivity contribution is 5.55. The standard InChI is InChI=1S/C15H22N2O4/c1-19-13-8-11(9-14-15(13)21-10-20-14)12(2-7-18)17-5-3-16-4-6-17/h8-9,12,16,18H,2-7,10H2,1H3/t12-/m1/s1. The van der Waals surface area contributed by atoms with Gasteiger partial charge in [-0.15, -0.1) is 0 Å². The summed E-state index contributed by atoms with van der Waals surface area (Å²) in [5.74, 6) is 2.09. The molecule has 0 saturated carbocycles. The predicted molar refractivity (Wildman–Crippen MR) is 78.0 cm³/mol. The lowest BCUT2D eigenvalue weighted by molar-refractivity contribution is 0.140. The Labute approximate surface area is 124 Å². The zero-order valence-corrected chi connectivity index (χ0v) is 12.3. The molecular formula is C15H22N2O4. The Hall–Kier alpha value is -1.50. The van der Waals surface area contributed by atoms with Crippen molar-refractivity contribution >= 4 is 0 Å². The fourth-order valence-electron chi connectivity index (χ4n) is 3.02. The van der Waals surface area contributed by atoms with E-state index in [1.165, 1.54) is 0 Å². The maximum absolute atomic E-state index is 9.42. The Morgan fingerprint density at radius 1 is 1.33 bits per heavy atom. The lowest BCUT2D eigenvalue weighted by Crippen LogP contribution is -2.45. The first-order valence-corrected chi connectivity index (χ1v) is 7.36. The zero-order valence-electron chi connectivity index (χ0n) is 12.3. The quantitative estimate of drug-likeness (QED) is 0.836. The minimum Gasteiger partial charge on any atom is -0.493 e. The van der Waals surface area contributed by atoms with Crippen LogP contribution in [0, 0.1) is 0 Å². The SMILES string of the molecule is COc1cc([C@@H](CCO)N2CCNCC2)cc2c1OCO2. The summed E-state index contributed by atoms with van der Waals surface area (Å²) in [6, 6.07) is 4.17. The molecule has 0 bridgehead atoms. The summed E-state index contributed by atoms with van der Waals surface area (Å²) in [4.78, 5) is 2.39. The second-order valence-electron chi connectivity index (χ2n) is 5.27. The van der Waals surface area contributed by atoms with Crippen molar-refractivity contribution in [3.8, 4) is 17.2 Å². The highest BCUT2D eigenvalue weighted by atomic mass is 16.7. The van der Waals surface area contributed by atoms with E-state index in [0.29, 0.717) is 17.9 Å². The van der Waals surface area contributed by atoms with Crippen LogP contribution in [0.25, 0.3) is 0 Å². The van der Waals surface area contributed by atoms with Crippen molar-refractivity contribution in [1.82, 2.24) is 10.2 Å². The molecule has 6 heteroatoms. The third kappa shape index (κ3) is 2.92. The van der Waals surface area contributed by atoms with Gasteiger partial charge < -0.3 is 24.6 Å². The number of aliphatic hydroxyl groups is 1. The van der Waals surface area contributed by atoms with E-state index in [4.69, 9.17) is 14.2 Å². The summed E-state index contributed by atoms with van der Waals surface area (Å²) in [5, 5.41) is 12.8. The molecule has 3 rings (SSSR count). The summed E-state index contributed by atoms with van der Waals surface area (Å²) in [5.41, 5.74) is 1.10. The number of piperazine rings is 1. The second kappa shape index (κ2) is 6.51. The number of nitrogens with zero attached hydrogens (tertiary/aromatic N) is 1. The molecule has 0 spiro atoms. The molecule has 21 heavy (non-hydrogen) atoms. The first-order chi connectivity index (χ1) is 10.3. The molecule has 1 aromatic carbocycles. The molecule has 2 N–H and O–H groups in total. The number of rotatable bonds is 5. The smallest absolute Gasteiger partial charge is 0.231 e. The van der Waals surface area contributed by atoms with E-state index in [-0.39, 0.29) is 19.4 Å². The van der Waals surface area contributed by atoms with Crippen LogP contribution in [0.3, 0.4) is 0 Å². The number of hydrogen-bond acceptors (Lipinski definition) is 6. The van der Waals surface area contributed by atoms with Crippen molar-refractivity contribution in [3.05, 3.63) is 17.7 Å². The Morgan fingerprint density at radius 3 is 2.86 bits per heavy atom. The van der Waals surface area contributed by atoms with Gasteiger partial charge in [0.1, 0.15) is 0 Å². The van der Waals surface area contributed by atoms with Gasteiger partial charge in [0.25, 0.3) is 0 Å². The first-order valence-electron chi connectivity index (χ1n) is 7.36. The molecule has 6 nitrogen and oxygen atoms in total. The van der Waals surface area contributed by atoms with Crippen molar-refractivity contribution in [2.75, 3.05) is 46.7 Å². The number of fused-ring (bicyclic) bond motifs is 1. The first kappa shape index (κ1) is 14.4. The average molecular weight is 294 g/mol. The highest BCUT2D eigenvalue weighted by Gasteiger charge is 2.26. The number of methoxy groups -OCH3 is 1. The van der Waals surface area contributed by atoms with Gasteiger partial charge in [-0.3, -0.25) is 4.90 Å². The van der Waals surface area contributed by atoms with Crippen molar-refractivity contribution in [1.29, 1.82) is 0 Å². The molecule has 0 amide bonds. The van der Waals surface area contributed by atoms with Crippen molar-refractivity contribution in [2.45, 2.75) is 12.5 Å². The van der Waals surface area contributed by atoms with Gasteiger partial charge in [-0.2, -0.15) is 0 Å². The number of ether oxygens (including phenoxy) is 3. The molecule has 1 aromatic rings. The van der Waals surface area contributed by atoms with Gasteiger partial charge in [-0.1, -0.05) is 0 Å². The minimum absolute atomic E-state index is 0.158. The monoisotopic (exact) mass is 294 g/mol. The summed E-state index contributed by atoms with van der Waals surface area (Å²) >= 11 is 0. The van der Waals surface area contributed by atoms with Crippen LogP contribution in [-0.2, 0) is 0 Å². The van der Waals surface area contributed by atoms with Crippen LogP contribution in [0.15, 0.2) is 12.1 Å². The topological polar surface area (TPSA) is 63.2 Å². The Balaban J connectivity index is 1.91. The number of nitrogens with one attached hydrogen (secondary N) is 1. The largest absolute Gasteiger partial charge is 0.493 e. The van der Waals surface area contributed by atoms with E-state index in [1.54, 1.807) is 7.11 Å². The second-order valence-corrected chi connectivity index (χ2v) is 5.27. The Kier molecular flexibility index (Phi) is 4.48. The van der Waals surface area contributed by atoms with Crippen LogP contribution >= 0.6 is 0 Å². The van der Waals surface area contributed by atoms with Crippen molar-refractivity contribution < 1.29 is 19.3 Å². The molecule has 0 radical (unpaired) electrons. The fraction of sp³-hybridized carbons (Fsp3) is 0.600. The molecule has 2 aliphatic heterocycles. The van der Waals surface area contributed by atoms with E-state index in [1.807, 2.05) is 12.1 Å². The molecule has 116 valence electrons. The van der Waals surface area contributed by atoms with Crippen LogP contribution in [0.2, 0.25) is 0 Å². The maximum Gasteiger partial charge on any atom is 0.231 e. The molecule has 0 aliphatic carbocycles. The van der Waals surface area contributed by atoms with E-state index in [0.717, 1.165) is 37.5 Å². The van der Waals surface area contributed by atoms with E-state index in [2.05, 4.69) is 10.2 Å². The van der Waals surface area contributed by atoms with Gasteiger partial charge in [0.05, 0.1) is 7.11 Å². The van der Waals surface area contributed by atoms with Crippen LogP contribution in [-0.4, -0.2) is 56.7 Å². The predicted octanol–water partition coefficient (Wildman–Crippen LogP) is 0.753. The van der Waals surface area contributed by atoms with Gasteiger partial charge in [0.2, 0.25) is 12.5 Å². The van der Waals surface area contributed by atoms with Gasteiger partial charge in [-0.05, 0) is 24.1 Å². The summed E-state index contributed by atoms with van der Waals surface area (Å²) in [6.45, 7) is 4.29. The average Bonchev–Trinajstić information content (AvgIpc) is 3.01. The van der Waals surface area contributed by atoms with Crippen molar-refractivity contribution in [2.24, 2.45) is 0 Å². The van der Waals surface area contributed by atoms with E-state index < -0.39 is 0 Å². The molecule has 1 saturated heterocycles. The lowest BCUT2D eigenvalue weighted by atomic mass is 10.0. The fourth-order valence-corrected chi connectivity index (χ4v) is 3.02. The van der Waals surface area contributed by atoms with Gasteiger partial charge in [0.15, 0.2) is 11.5 Å². The normalized spacial score (nSPS) is 19.5. The highest BCUT2D eigenvalue weighted by Crippen LogP contribution is 2.44. The van der Waals surface area contributed by atoms with Crippen LogP contribution < -0.4 is 19.5 Å². The van der Waals surface area contributed by atoms with Crippen molar-refractivity contribution in [3.63, 3.8) is 0 Å². The van der Waals surface area contributed by atoms with E-state index >= 15 is 0 Å². The third-order valence-corrected chi connectivity index (χ3v) is 4.06. The molecular weight excluding hydrogens is 272 g/mol. The van der Waals surface area contributed by atoms with Gasteiger partial charge in [-0.25, -0.2) is 0 Å². The summed E-state index contributed by atoms with van der Waals surface area (Å²) in [7, 11) is 1.63. The minimum atomic E-state index is 0.158. The number of hydrogen-bond donors (Lipinski definition) is 2. The van der Waals surface area contributed by atoms with Gasteiger partial charge >= 0.3 is 0 Å². The number of aliphatic hydroxyl groups excluding tert-OH is 1. The Bertz CT molecular complexity index is 489. The Morgan fingerprint density at radius 2 is 2.14 bits per heavy atom. The van der Waals surface area contributed by atoms with E-state index in [9.17, 15) is 5.11 Å². The molecule has 2 heterocycles. The van der Waals surface area contributed by atoms with Crippen LogP contribution in [0.5, 0.6) is 17.2 Å². The maximum atomic E-state index is 9.42. The molecule has 1 atom stereocenters. The molecule has 2 aliphatic rings. The lowest BCUT2D eigenvalue weighted by Gasteiger charge is -2.35. The van der Waals surface area contributed by atoms with Crippen LogP contribution in [0.4, 0.5) is 0 Å². The summed E-state index contributed by atoms with van der Waals surface area (Å²) < 4.78 is 16.4. The zero-order chi connectivity index (χ0) is 14.7. The molecule has 1 fully saturated rings. The molecule has 0 aromatic heterocycles. The van der Waals surface area contributed by atoms with Crippen LogP contribution in [0.1, 0.15) is 18.0 Å².